The Bertz CT molecular complexity index is 1120. The average molecular weight is 470 g/mol. The van der Waals surface area contributed by atoms with Crippen LogP contribution in [0.4, 0.5) is 24.5 Å². The van der Waals surface area contributed by atoms with Gasteiger partial charge in [-0.25, -0.2) is 0 Å². The van der Waals surface area contributed by atoms with Gasteiger partial charge in [0.1, 0.15) is 0 Å². The van der Waals surface area contributed by atoms with Crippen LogP contribution in [0.1, 0.15) is 62.6 Å². The van der Waals surface area contributed by atoms with Crippen molar-refractivity contribution in [3.63, 3.8) is 0 Å². The topological polar surface area (TPSA) is 49.3 Å². The number of nitrogens with one attached hydrogen (secondary N) is 1. The van der Waals surface area contributed by atoms with Crippen molar-refractivity contribution >= 4 is 17.3 Å². The molecule has 3 aromatic rings. The highest BCUT2D eigenvalue weighted by Crippen LogP contribution is 2.35. The lowest BCUT2D eigenvalue weighted by atomic mass is 9.88. The van der Waals surface area contributed by atoms with Gasteiger partial charge in [0.05, 0.1) is 11.5 Å². The molecular formula is C28H30F3NO2. The lowest BCUT2D eigenvalue weighted by Gasteiger charge is -2.19. The minimum absolute atomic E-state index is 0.163. The van der Waals surface area contributed by atoms with Crippen molar-refractivity contribution < 1.29 is 23.1 Å². The summed E-state index contributed by atoms with van der Waals surface area (Å²) in [6.07, 6.45) is -3.96. The van der Waals surface area contributed by atoms with Gasteiger partial charge in [-0.05, 0) is 76.9 Å². The molecule has 0 saturated heterocycles. The number of hydrogen-bond acceptors (Lipinski definition) is 2. The number of benzene rings is 3. The summed E-state index contributed by atoms with van der Waals surface area (Å²) in [5, 5.41) is 13.2. The maximum absolute atomic E-state index is 13.0. The lowest BCUT2D eigenvalue weighted by Crippen LogP contribution is -2.14. The Hall–Kier alpha value is -3.28. The van der Waals surface area contributed by atoms with Crippen molar-refractivity contribution in [3.05, 3.63) is 83.4 Å². The zero-order valence-corrected chi connectivity index (χ0v) is 19.8. The first-order chi connectivity index (χ1) is 15.9. The van der Waals surface area contributed by atoms with Crippen molar-refractivity contribution in [2.24, 2.45) is 5.92 Å². The zero-order valence-electron chi connectivity index (χ0n) is 19.8. The van der Waals surface area contributed by atoms with Crippen LogP contribution in [0.2, 0.25) is 0 Å². The fourth-order valence-corrected chi connectivity index (χ4v) is 3.91. The average Bonchev–Trinajstić information content (AvgIpc) is 2.77. The molecule has 1 atom stereocenters. The van der Waals surface area contributed by atoms with Gasteiger partial charge in [-0.2, -0.15) is 13.2 Å². The Morgan fingerprint density at radius 3 is 1.94 bits per heavy atom. The van der Waals surface area contributed by atoms with Crippen LogP contribution in [0.5, 0.6) is 0 Å². The van der Waals surface area contributed by atoms with Gasteiger partial charge in [0.15, 0.2) is 0 Å². The molecule has 1 unspecified atom stereocenters. The molecule has 3 nitrogen and oxygen atoms in total. The van der Waals surface area contributed by atoms with E-state index in [9.17, 15) is 23.1 Å². The second-order valence-corrected chi connectivity index (χ2v) is 9.34. The van der Waals surface area contributed by atoms with Gasteiger partial charge < -0.3 is 10.4 Å². The van der Waals surface area contributed by atoms with E-state index < -0.39 is 23.6 Å². The van der Waals surface area contributed by atoms with Crippen LogP contribution in [0.25, 0.3) is 11.1 Å². The fraction of sp³-hybridized carbons (Fsp3) is 0.321. The Balaban J connectivity index is 2.04. The number of carbonyl (C=O) groups is 1. The van der Waals surface area contributed by atoms with Gasteiger partial charge in [-0.15, -0.1) is 0 Å². The zero-order chi connectivity index (χ0) is 25.0. The van der Waals surface area contributed by atoms with Crippen LogP contribution >= 0.6 is 0 Å². The molecule has 6 heteroatoms. The molecule has 2 N–H and O–H groups in total. The first-order valence-electron chi connectivity index (χ1n) is 11.4. The number of anilines is 2. The summed E-state index contributed by atoms with van der Waals surface area (Å²) >= 11 is 0. The molecule has 3 aromatic carbocycles. The molecule has 0 amide bonds. The number of aliphatic carboxylic acids is 1. The summed E-state index contributed by atoms with van der Waals surface area (Å²) in [6.45, 7) is 8.15. The van der Waals surface area contributed by atoms with Gasteiger partial charge in [0, 0.05) is 11.4 Å². The molecule has 0 spiro atoms. The van der Waals surface area contributed by atoms with Crippen molar-refractivity contribution in [3.8, 4) is 11.1 Å². The molecule has 0 bridgehead atoms. The second kappa shape index (κ2) is 10.3. The maximum Gasteiger partial charge on any atom is 0.416 e. The third-order valence-corrected chi connectivity index (χ3v) is 5.77. The first kappa shape index (κ1) is 25.3. The van der Waals surface area contributed by atoms with Crippen molar-refractivity contribution in [2.45, 2.75) is 52.1 Å². The summed E-state index contributed by atoms with van der Waals surface area (Å²) in [5.74, 6) is -1.09. The van der Waals surface area contributed by atoms with Gasteiger partial charge in [-0.1, -0.05) is 58.0 Å². The van der Waals surface area contributed by atoms with E-state index in [4.69, 9.17) is 0 Å². The van der Waals surface area contributed by atoms with E-state index in [2.05, 4.69) is 19.2 Å². The minimum Gasteiger partial charge on any atom is -0.481 e. The molecule has 0 fully saturated rings. The number of hydrogen-bond donors (Lipinski definition) is 2. The largest absolute Gasteiger partial charge is 0.481 e. The monoisotopic (exact) mass is 469 g/mol. The Labute approximate surface area is 198 Å². The third-order valence-electron chi connectivity index (χ3n) is 5.77. The van der Waals surface area contributed by atoms with Gasteiger partial charge in [-0.3, -0.25) is 4.79 Å². The molecule has 0 aliphatic heterocycles. The van der Waals surface area contributed by atoms with E-state index in [1.54, 1.807) is 6.07 Å². The molecule has 0 aliphatic rings. The summed E-state index contributed by atoms with van der Waals surface area (Å²) in [5.41, 5.74) is 3.85. The van der Waals surface area contributed by atoms with Crippen LogP contribution in [-0.4, -0.2) is 11.1 Å². The number of alkyl halides is 3. The molecule has 0 aromatic heterocycles. The van der Waals surface area contributed by atoms with E-state index in [1.807, 2.05) is 50.2 Å². The smallest absolute Gasteiger partial charge is 0.416 e. The number of carboxylic acid groups (broad SMARTS) is 1. The second-order valence-electron chi connectivity index (χ2n) is 9.34. The predicted octanol–water partition coefficient (Wildman–Crippen LogP) is 8.45. The summed E-state index contributed by atoms with van der Waals surface area (Å²) in [6, 6.07) is 18.3. The van der Waals surface area contributed by atoms with E-state index in [0.29, 0.717) is 34.7 Å². The molecule has 0 heterocycles. The van der Waals surface area contributed by atoms with Gasteiger partial charge in [0.25, 0.3) is 0 Å². The molecule has 0 radical (unpaired) electrons. The van der Waals surface area contributed by atoms with E-state index in [0.717, 1.165) is 17.8 Å². The lowest BCUT2D eigenvalue weighted by molar-refractivity contribution is -0.139. The van der Waals surface area contributed by atoms with Crippen LogP contribution in [0.15, 0.2) is 66.7 Å². The molecular weight excluding hydrogens is 439 g/mol. The van der Waals surface area contributed by atoms with E-state index >= 15 is 0 Å². The Morgan fingerprint density at radius 2 is 1.44 bits per heavy atom. The SMILES string of the molecule is CC(C)CC(C(=O)O)c1cc(Nc2ccc(C(C)C)cc2)cc(-c2ccc(C(F)(F)F)cc2)c1. The molecule has 34 heavy (non-hydrogen) atoms. The highest BCUT2D eigenvalue weighted by Gasteiger charge is 2.30. The highest BCUT2D eigenvalue weighted by atomic mass is 19.4. The van der Waals surface area contributed by atoms with E-state index in [1.165, 1.54) is 17.7 Å². The quantitative estimate of drug-likeness (QED) is 0.348. The number of carboxylic acids is 1. The standard InChI is InChI=1S/C28H30F3NO2/c1-17(2)13-26(27(33)34)22-14-21(20-5-9-23(10-6-20)28(29,30)31)15-25(16-22)32-24-11-7-19(8-12-24)18(3)4/h5-12,14-18,26,32H,13H2,1-4H3,(H,33,34). The molecule has 0 saturated carbocycles. The van der Waals surface area contributed by atoms with Crippen molar-refractivity contribution in [2.75, 3.05) is 5.32 Å². The van der Waals surface area contributed by atoms with Gasteiger partial charge >= 0.3 is 12.1 Å². The summed E-state index contributed by atoms with van der Waals surface area (Å²) in [7, 11) is 0. The van der Waals surface area contributed by atoms with E-state index in [-0.39, 0.29) is 5.92 Å². The Kier molecular flexibility index (Phi) is 7.70. The predicted molar refractivity (Wildman–Crippen MR) is 131 cm³/mol. The molecule has 3 rings (SSSR count). The summed E-state index contributed by atoms with van der Waals surface area (Å²) < 4.78 is 39.0. The minimum atomic E-state index is -4.42. The van der Waals surface area contributed by atoms with Crippen molar-refractivity contribution in [1.29, 1.82) is 0 Å². The molecule has 180 valence electrons. The number of halogens is 3. The first-order valence-corrected chi connectivity index (χ1v) is 11.4. The maximum atomic E-state index is 13.0. The van der Waals surface area contributed by atoms with Gasteiger partial charge in [0.2, 0.25) is 0 Å². The number of rotatable bonds is 8. The summed E-state index contributed by atoms with van der Waals surface area (Å²) in [4.78, 5) is 12.1. The van der Waals surface area contributed by atoms with Crippen LogP contribution < -0.4 is 5.32 Å². The Morgan fingerprint density at radius 1 is 0.824 bits per heavy atom. The van der Waals surface area contributed by atoms with Crippen LogP contribution in [0.3, 0.4) is 0 Å². The van der Waals surface area contributed by atoms with Crippen LogP contribution in [-0.2, 0) is 11.0 Å². The molecule has 0 aliphatic carbocycles. The van der Waals surface area contributed by atoms with Crippen LogP contribution in [0, 0.1) is 5.92 Å². The third kappa shape index (κ3) is 6.40. The fourth-order valence-electron chi connectivity index (χ4n) is 3.91. The highest BCUT2D eigenvalue weighted by molar-refractivity contribution is 5.80. The van der Waals surface area contributed by atoms with Crippen molar-refractivity contribution in [1.82, 2.24) is 0 Å². The normalized spacial score (nSPS) is 12.7.